The first kappa shape index (κ1) is 18.8. The summed E-state index contributed by atoms with van der Waals surface area (Å²) in [5.41, 5.74) is 5.29. The van der Waals surface area contributed by atoms with Crippen LogP contribution in [0.1, 0.15) is 23.6 Å². The van der Waals surface area contributed by atoms with Crippen LogP contribution < -0.4 is 10.7 Å². The van der Waals surface area contributed by atoms with E-state index in [1.165, 1.54) is 18.2 Å². The Morgan fingerprint density at radius 1 is 1.04 bits per heavy atom. The van der Waals surface area contributed by atoms with Gasteiger partial charge in [-0.15, -0.1) is 0 Å². The molecule has 134 valence electrons. The number of anilines is 1. The van der Waals surface area contributed by atoms with Crippen molar-refractivity contribution >= 4 is 28.9 Å². The Morgan fingerprint density at radius 3 is 2.31 bits per heavy atom. The molecule has 0 spiro atoms. The zero-order chi connectivity index (χ0) is 19.3. The number of amides is 2. The van der Waals surface area contributed by atoms with E-state index in [2.05, 4.69) is 15.8 Å². The Labute approximate surface area is 150 Å². The second kappa shape index (κ2) is 8.02. The smallest absolute Gasteiger partial charge is 0.318 e. The van der Waals surface area contributed by atoms with Crippen LogP contribution in [0.15, 0.2) is 47.6 Å². The Hall–Kier alpha value is -3.55. The maximum atomic E-state index is 11.9. The van der Waals surface area contributed by atoms with Crippen molar-refractivity contribution in [3.05, 3.63) is 69.3 Å². The van der Waals surface area contributed by atoms with Crippen molar-refractivity contribution in [3.8, 4) is 0 Å². The van der Waals surface area contributed by atoms with E-state index in [1.54, 1.807) is 25.1 Å². The first-order chi connectivity index (χ1) is 12.3. The normalized spacial score (nSPS) is 11.0. The Bertz CT molecular complexity index is 886. The number of carbonyl (C=O) groups is 2. The summed E-state index contributed by atoms with van der Waals surface area (Å²) in [5.74, 6) is -1.79. The van der Waals surface area contributed by atoms with Crippen LogP contribution >= 0.6 is 0 Å². The maximum Gasteiger partial charge on any atom is 0.329 e. The predicted molar refractivity (Wildman–Crippen MR) is 98.0 cm³/mol. The molecule has 26 heavy (non-hydrogen) atoms. The van der Waals surface area contributed by atoms with Crippen molar-refractivity contribution in [1.82, 2.24) is 5.43 Å². The SMILES string of the molecule is CC(=NNC(=O)C(=O)Nc1cc(C)cc(C)c1)c1cccc([N+](=O)[O-])c1. The van der Waals surface area contributed by atoms with Crippen LogP contribution in [0.4, 0.5) is 11.4 Å². The zero-order valence-electron chi connectivity index (χ0n) is 14.6. The van der Waals surface area contributed by atoms with Crippen molar-refractivity contribution in [2.24, 2.45) is 5.10 Å². The highest BCUT2D eigenvalue weighted by molar-refractivity contribution is 6.39. The first-order valence-electron chi connectivity index (χ1n) is 7.75. The summed E-state index contributed by atoms with van der Waals surface area (Å²) in [6.45, 7) is 5.34. The fourth-order valence-electron chi connectivity index (χ4n) is 2.33. The molecule has 0 unspecified atom stereocenters. The monoisotopic (exact) mass is 354 g/mol. The molecule has 0 aromatic heterocycles. The summed E-state index contributed by atoms with van der Waals surface area (Å²) in [6, 6.07) is 11.3. The minimum Gasteiger partial charge on any atom is -0.318 e. The van der Waals surface area contributed by atoms with Crippen LogP contribution in [0, 0.1) is 24.0 Å². The molecular formula is C18H18N4O4. The van der Waals surface area contributed by atoms with Gasteiger partial charge in [0.2, 0.25) is 0 Å². The molecule has 2 aromatic carbocycles. The number of hydrogen-bond acceptors (Lipinski definition) is 5. The van der Waals surface area contributed by atoms with Crippen LogP contribution in [0.2, 0.25) is 0 Å². The van der Waals surface area contributed by atoms with Crippen LogP contribution in [0.3, 0.4) is 0 Å². The van der Waals surface area contributed by atoms with E-state index >= 15 is 0 Å². The highest BCUT2D eigenvalue weighted by Gasteiger charge is 2.14. The number of benzene rings is 2. The molecule has 0 radical (unpaired) electrons. The van der Waals surface area contributed by atoms with Crippen molar-refractivity contribution in [2.75, 3.05) is 5.32 Å². The second-order valence-electron chi connectivity index (χ2n) is 5.78. The first-order valence-corrected chi connectivity index (χ1v) is 7.75. The van der Waals surface area contributed by atoms with Gasteiger partial charge in [0.15, 0.2) is 0 Å². The van der Waals surface area contributed by atoms with Crippen LogP contribution in [-0.4, -0.2) is 22.4 Å². The number of non-ortho nitro benzene ring substituents is 1. The third-order valence-corrected chi connectivity index (χ3v) is 3.49. The highest BCUT2D eigenvalue weighted by Crippen LogP contribution is 2.14. The fraction of sp³-hybridized carbons (Fsp3) is 0.167. The van der Waals surface area contributed by atoms with Gasteiger partial charge in [0.25, 0.3) is 5.69 Å². The maximum absolute atomic E-state index is 11.9. The van der Waals surface area contributed by atoms with E-state index < -0.39 is 16.7 Å². The molecular weight excluding hydrogens is 336 g/mol. The number of rotatable bonds is 4. The number of hydrazone groups is 1. The molecule has 0 aliphatic carbocycles. The molecule has 0 fully saturated rings. The van der Waals surface area contributed by atoms with E-state index in [-0.39, 0.29) is 5.69 Å². The molecule has 0 heterocycles. The lowest BCUT2D eigenvalue weighted by molar-refractivity contribution is -0.384. The largest absolute Gasteiger partial charge is 0.329 e. The lowest BCUT2D eigenvalue weighted by Crippen LogP contribution is -2.33. The third-order valence-electron chi connectivity index (χ3n) is 3.49. The molecule has 8 nitrogen and oxygen atoms in total. The van der Waals surface area contributed by atoms with Gasteiger partial charge in [-0.2, -0.15) is 5.10 Å². The predicted octanol–water partition coefficient (Wildman–Crippen LogP) is 2.69. The van der Waals surface area contributed by atoms with Gasteiger partial charge < -0.3 is 5.32 Å². The number of aryl methyl sites for hydroxylation is 2. The average molecular weight is 354 g/mol. The van der Waals surface area contributed by atoms with Crippen molar-refractivity contribution < 1.29 is 14.5 Å². The van der Waals surface area contributed by atoms with E-state index in [4.69, 9.17) is 0 Å². The Morgan fingerprint density at radius 2 is 1.69 bits per heavy atom. The quantitative estimate of drug-likeness (QED) is 0.380. The second-order valence-corrected chi connectivity index (χ2v) is 5.78. The van der Waals surface area contributed by atoms with Gasteiger partial charge >= 0.3 is 11.8 Å². The van der Waals surface area contributed by atoms with Crippen molar-refractivity contribution in [1.29, 1.82) is 0 Å². The van der Waals surface area contributed by atoms with Gasteiger partial charge in [0.05, 0.1) is 10.6 Å². The van der Waals surface area contributed by atoms with E-state index in [0.29, 0.717) is 17.0 Å². The van der Waals surface area contributed by atoms with Gasteiger partial charge in [-0.1, -0.05) is 18.2 Å². The molecule has 2 amide bonds. The fourth-order valence-corrected chi connectivity index (χ4v) is 2.33. The average Bonchev–Trinajstić information content (AvgIpc) is 2.58. The van der Waals surface area contributed by atoms with Crippen LogP contribution in [-0.2, 0) is 9.59 Å². The number of nitrogens with one attached hydrogen (secondary N) is 2. The molecule has 0 aliphatic heterocycles. The Balaban J connectivity index is 2.04. The Kier molecular flexibility index (Phi) is 5.79. The molecule has 2 aromatic rings. The number of hydrogen-bond donors (Lipinski definition) is 2. The number of nitro benzene ring substituents is 1. The molecule has 0 saturated carbocycles. The van der Waals surface area contributed by atoms with Crippen LogP contribution in [0.25, 0.3) is 0 Å². The van der Waals surface area contributed by atoms with Gasteiger partial charge in [0, 0.05) is 23.4 Å². The minimum atomic E-state index is -0.936. The standard InChI is InChI=1S/C18H18N4O4/c1-11-7-12(2)9-15(8-11)19-17(23)18(24)21-20-13(3)14-5-4-6-16(10-14)22(25)26/h4-10H,1-3H3,(H,19,23)(H,21,24). The van der Waals surface area contributed by atoms with E-state index in [0.717, 1.165) is 11.1 Å². The number of nitro groups is 1. The van der Waals surface area contributed by atoms with Crippen molar-refractivity contribution in [2.45, 2.75) is 20.8 Å². The van der Waals surface area contributed by atoms with Gasteiger partial charge in [0.1, 0.15) is 0 Å². The topological polar surface area (TPSA) is 114 Å². The summed E-state index contributed by atoms with van der Waals surface area (Å²) < 4.78 is 0. The zero-order valence-corrected chi connectivity index (χ0v) is 14.6. The van der Waals surface area contributed by atoms with Gasteiger partial charge in [-0.05, 0) is 44.0 Å². The van der Waals surface area contributed by atoms with E-state index in [9.17, 15) is 19.7 Å². The van der Waals surface area contributed by atoms with Gasteiger partial charge in [-0.25, -0.2) is 5.43 Å². The van der Waals surface area contributed by atoms with Crippen LogP contribution in [0.5, 0.6) is 0 Å². The number of carbonyl (C=O) groups excluding carboxylic acids is 2. The summed E-state index contributed by atoms with van der Waals surface area (Å²) in [7, 11) is 0. The molecule has 2 N–H and O–H groups in total. The summed E-state index contributed by atoms with van der Waals surface area (Å²) >= 11 is 0. The van der Waals surface area contributed by atoms with E-state index in [1.807, 2.05) is 19.9 Å². The van der Waals surface area contributed by atoms with Crippen molar-refractivity contribution in [3.63, 3.8) is 0 Å². The lowest BCUT2D eigenvalue weighted by atomic mass is 10.1. The van der Waals surface area contributed by atoms with Gasteiger partial charge in [-0.3, -0.25) is 19.7 Å². The molecule has 8 heteroatoms. The highest BCUT2D eigenvalue weighted by atomic mass is 16.6. The minimum absolute atomic E-state index is 0.0871. The molecule has 0 aliphatic rings. The number of nitrogens with zero attached hydrogens (tertiary/aromatic N) is 2. The third kappa shape index (κ3) is 4.97. The molecule has 2 rings (SSSR count). The summed E-state index contributed by atoms with van der Waals surface area (Å²) in [5, 5.41) is 17.1. The lowest BCUT2D eigenvalue weighted by Gasteiger charge is -2.07. The molecule has 0 bridgehead atoms. The molecule has 0 saturated heterocycles. The summed E-state index contributed by atoms with van der Waals surface area (Å²) in [6.07, 6.45) is 0. The molecule has 0 atom stereocenters. The summed E-state index contributed by atoms with van der Waals surface area (Å²) in [4.78, 5) is 34.1.